The summed E-state index contributed by atoms with van der Waals surface area (Å²) in [7, 11) is 2.90. The van der Waals surface area contributed by atoms with Gasteiger partial charge >= 0.3 is 12.1 Å². The van der Waals surface area contributed by atoms with E-state index in [0.717, 1.165) is 11.1 Å². The van der Waals surface area contributed by atoms with E-state index in [1.165, 1.54) is 7.11 Å². The van der Waals surface area contributed by atoms with Gasteiger partial charge in [-0.15, -0.1) is 6.58 Å². The van der Waals surface area contributed by atoms with E-state index in [9.17, 15) is 9.59 Å². The Morgan fingerprint density at radius 3 is 2.38 bits per heavy atom. The van der Waals surface area contributed by atoms with E-state index in [-0.39, 0.29) is 24.9 Å². The van der Waals surface area contributed by atoms with Crippen LogP contribution in [0.25, 0.3) is 5.76 Å². The number of hydrogen-bond donors (Lipinski definition) is 2. The van der Waals surface area contributed by atoms with Gasteiger partial charge in [-0.05, 0) is 65.2 Å². The monoisotopic (exact) mass is 517 g/mol. The zero-order chi connectivity index (χ0) is 28.1. The van der Waals surface area contributed by atoms with E-state index in [1.54, 1.807) is 34.0 Å². The number of guanidine groups is 1. The molecule has 1 unspecified atom stereocenters. The van der Waals surface area contributed by atoms with Crippen molar-refractivity contribution >= 4 is 23.8 Å². The van der Waals surface area contributed by atoms with E-state index in [2.05, 4.69) is 28.8 Å². The number of nitrogens with zero attached hydrogens (tertiary/aromatic N) is 1. The van der Waals surface area contributed by atoms with Crippen LogP contribution in [-0.2, 0) is 25.5 Å². The maximum atomic E-state index is 12.7. The zero-order valence-electron chi connectivity index (χ0n) is 23.4. The summed E-state index contributed by atoms with van der Waals surface area (Å²) >= 11 is 0. The van der Waals surface area contributed by atoms with Crippen LogP contribution in [0.1, 0.15) is 71.4 Å². The Morgan fingerprint density at radius 2 is 1.84 bits per heavy atom. The first-order valence-corrected chi connectivity index (χ1v) is 12.4. The number of hydrogen-bond acceptors (Lipinski definition) is 7. The molecule has 1 rings (SSSR count). The van der Waals surface area contributed by atoms with Crippen LogP contribution in [0.5, 0.6) is 5.75 Å². The van der Waals surface area contributed by atoms with Crippen LogP contribution in [0.3, 0.4) is 0 Å². The molecule has 0 heterocycles. The SMILES string of the molecule is C=CCCC(CC)(CC(=O)OC)NC(=NCc1cc(C(=C)OC)ccc1OCC)NC(=O)OC(C)(C)C. The van der Waals surface area contributed by atoms with Crippen LogP contribution in [0.15, 0.2) is 42.4 Å². The molecule has 1 aromatic carbocycles. The Kier molecular flexibility index (Phi) is 12.7. The Morgan fingerprint density at radius 1 is 1.14 bits per heavy atom. The fourth-order valence-electron chi connectivity index (χ4n) is 3.53. The van der Waals surface area contributed by atoms with Crippen molar-refractivity contribution in [1.82, 2.24) is 10.6 Å². The maximum absolute atomic E-state index is 12.7. The zero-order valence-corrected chi connectivity index (χ0v) is 23.4. The molecule has 9 heteroatoms. The number of aliphatic imine (C=N–C) groups is 1. The van der Waals surface area contributed by atoms with Gasteiger partial charge in [0.15, 0.2) is 0 Å². The highest BCUT2D eigenvalue weighted by Gasteiger charge is 2.33. The molecular weight excluding hydrogens is 474 g/mol. The van der Waals surface area contributed by atoms with Crippen LogP contribution in [0, 0.1) is 0 Å². The smallest absolute Gasteiger partial charge is 0.414 e. The van der Waals surface area contributed by atoms with Gasteiger partial charge in [0.05, 0.1) is 39.3 Å². The van der Waals surface area contributed by atoms with E-state index < -0.39 is 17.2 Å². The van der Waals surface area contributed by atoms with Crippen molar-refractivity contribution in [2.45, 2.75) is 78.0 Å². The van der Waals surface area contributed by atoms with Crippen molar-refractivity contribution in [3.05, 3.63) is 48.6 Å². The molecule has 1 aromatic rings. The molecule has 0 spiro atoms. The summed E-state index contributed by atoms with van der Waals surface area (Å²) in [4.78, 5) is 29.6. The highest BCUT2D eigenvalue weighted by Crippen LogP contribution is 2.26. The number of carbonyl (C=O) groups excluding carboxylic acids is 2. The number of allylic oxidation sites excluding steroid dienone is 1. The average Bonchev–Trinajstić information content (AvgIpc) is 2.84. The van der Waals surface area contributed by atoms with Crippen molar-refractivity contribution in [2.24, 2.45) is 4.99 Å². The van der Waals surface area contributed by atoms with Gasteiger partial charge in [0.2, 0.25) is 5.96 Å². The first-order valence-electron chi connectivity index (χ1n) is 12.4. The van der Waals surface area contributed by atoms with Crippen molar-refractivity contribution < 1.29 is 28.5 Å². The number of esters is 1. The lowest BCUT2D eigenvalue weighted by Crippen LogP contribution is -2.55. The molecule has 0 saturated carbocycles. The van der Waals surface area contributed by atoms with Gasteiger partial charge in [0.1, 0.15) is 17.1 Å². The summed E-state index contributed by atoms with van der Waals surface area (Å²) in [5, 5.41) is 6.03. The van der Waals surface area contributed by atoms with Crippen molar-refractivity contribution in [3.8, 4) is 5.75 Å². The lowest BCUT2D eigenvalue weighted by atomic mass is 9.87. The van der Waals surface area contributed by atoms with Gasteiger partial charge in [0, 0.05) is 11.1 Å². The second-order valence-corrected chi connectivity index (χ2v) is 9.51. The molecule has 206 valence electrons. The summed E-state index contributed by atoms with van der Waals surface area (Å²) < 4.78 is 21.4. The van der Waals surface area contributed by atoms with E-state index in [0.29, 0.717) is 37.4 Å². The topological polar surface area (TPSA) is 107 Å². The number of rotatable bonds is 13. The largest absolute Gasteiger partial charge is 0.497 e. The van der Waals surface area contributed by atoms with Gasteiger partial charge < -0.3 is 24.3 Å². The third-order valence-electron chi connectivity index (χ3n) is 5.55. The van der Waals surface area contributed by atoms with Crippen molar-refractivity contribution in [1.29, 1.82) is 0 Å². The highest BCUT2D eigenvalue weighted by molar-refractivity contribution is 5.94. The fraction of sp³-hybridized carbons (Fsp3) is 0.536. The fourth-order valence-corrected chi connectivity index (χ4v) is 3.53. The van der Waals surface area contributed by atoms with Crippen molar-refractivity contribution in [3.63, 3.8) is 0 Å². The molecule has 1 amide bonds. The van der Waals surface area contributed by atoms with Crippen LogP contribution in [0.4, 0.5) is 4.79 Å². The lowest BCUT2D eigenvalue weighted by molar-refractivity contribution is -0.142. The number of carbonyl (C=O) groups is 2. The minimum Gasteiger partial charge on any atom is -0.497 e. The molecule has 37 heavy (non-hydrogen) atoms. The third kappa shape index (κ3) is 11.0. The minimum absolute atomic E-state index is 0.0796. The predicted octanol–water partition coefficient (Wildman–Crippen LogP) is 5.35. The summed E-state index contributed by atoms with van der Waals surface area (Å²) in [6.45, 7) is 17.5. The molecular formula is C28H43N3O6. The second-order valence-electron chi connectivity index (χ2n) is 9.51. The minimum atomic E-state index is -0.732. The molecule has 9 nitrogen and oxygen atoms in total. The van der Waals surface area contributed by atoms with E-state index in [1.807, 2.05) is 32.0 Å². The van der Waals surface area contributed by atoms with Crippen LogP contribution < -0.4 is 15.4 Å². The quantitative estimate of drug-likeness (QED) is 0.119. The highest BCUT2D eigenvalue weighted by atomic mass is 16.6. The van der Waals surface area contributed by atoms with Crippen LogP contribution >= 0.6 is 0 Å². The normalized spacial score (nSPS) is 13.1. The number of amides is 1. The Hall–Kier alpha value is -3.49. The van der Waals surface area contributed by atoms with Crippen molar-refractivity contribution in [2.75, 3.05) is 20.8 Å². The van der Waals surface area contributed by atoms with Gasteiger partial charge in [-0.3, -0.25) is 10.1 Å². The number of nitrogens with one attached hydrogen (secondary N) is 2. The summed E-state index contributed by atoms with van der Waals surface area (Å²) in [5.41, 5.74) is 0.113. The molecule has 0 aliphatic carbocycles. The molecule has 0 saturated heterocycles. The van der Waals surface area contributed by atoms with Gasteiger partial charge in [-0.25, -0.2) is 9.79 Å². The molecule has 0 bridgehead atoms. The van der Waals surface area contributed by atoms with E-state index >= 15 is 0 Å². The van der Waals surface area contributed by atoms with Gasteiger partial charge in [-0.2, -0.15) is 0 Å². The molecule has 0 radical (unpaired) electrons. The number of ether oxygens (including phenoxy) is 4. The summed E-state index contributed by atoms with van der Waals surface area (Å²) in [6.07, 6.45) is 2.98. The van der Waals surface area contributed by atoms with Gasteiger partial charge in [0.25, 0.3) is 0 Å². The van der Waals surface area contributed by atoms with E-state index in [4.69, 9.17) is 18.9 Å². The van der Waals surface area contributed by atoms with Gasteiger partial charge in [-0.1, -0.05) is 19.6 Å². The Balaban J connectivity index is 3.47. The second kappa shape index (κ2) is 14.9. The van der Waals surface area contributed by atoms with Crippen LogP contribution in [0.2, 0.25) is 0 Å². The third-order valence-corrected chi connectivity index (χ3v) is 5.55. The number of benzene rings is 1. The molecule has 1 atom stereocenters. The summed E-state index contributed by atoms with van der Waals surface area (Å²) in [6, 6.07) is 5.57. The lowest BCUT2D eigenvalue weighted by Gasteiger charge is -2.34. The Bertz CT molecular complexity index is 967. The molecule has 2 N–H and O–H groups in total. The summed E-state index contributed by atoms with van der Waals surface area (Å²) in [5.74, 6) is 0.950. The predicted molar refractivity (Wildman–Crippen MR) is 146 cm³/mol. The first kappa shape index (κ1) is 31.5. The standard InChI is InChI=1S/C28H43N3O6/c1-10-13-16-28(11-2,18-24(32)35-9)31-25(30-26(33)37-27(5,6)7)29-19-22-17-21(20(4)34-8)14-15-23(22)36-12-3/h10,14-15,17H,1,4,11-13,16,18-19H2,2-3,5-9H3,(H2,29,30,31,33). The average molecular weight is 518 g/mol. The molecule has 0 aliphatic heterocycles. The molecule has 0 aliphatic rings. The van der Waals surface area contributed by atoms with Crippen LogP contribution in [-0.4, -0.2) is 50.0 Å². The molecule has 0 aromatic heterocycles. The Labute approximate surface area is 221 Å². The molecule has 0 fully saturated rings. The number of methoxy groups -OCH3 is 2. The maximum Gasteiger partial charge on any atom is 0.414 e. The number of alkyl carbamates (subject to hydrolysis) is 1. The first-order chi connectivity index (χ1) is 17.4.